The molecule has 0 fully saturated rings. The van der Waals surface area contributed by atoms with Crippen molar-refractivity contribution in [2.24, 2.45) is 0 Å². The molecule has 3 rings (SSSR count). The Morgan fingerprint density at radius 2 is 1.78 bits per heavy atom. The highest BCUT2D eigenvalue weighted by Crippen LogP contribution is 2.23. The molecule has 1 amide bonds. The summed E-state index contributed by atoms with van der Waals surface area (Å²) >= 11 is 0. The molecule has 8 heteroatoms. The molecule has 0 atom stereocenters. The molecule has 0 radical (unpaired) electrons. The van der Waals surface area contributed by atoms with Crippen LogP contribution in [0, 0.1) is 0 Å². The number of benzene rings is 1. The summed E-state index contributed by atoms with van der Waals surface area (Å²) in [6.07, 6.45) is 3.13. The minimum atomic E-state index is -0.351. The molecule has 0 unspecified atom stereocenters. The number of hydrogen-bond acceptors (Lipinski definition) is 6. The second-order valence-electron chi connectivity index (χ2n) is 6.84. The van der Waals surface area contributed by atoms with Crippen LogP contribution in [0.2, 0.25) is 0 Å². The Balaban J connectivity index is 1.63. The lowest BCUT2D eigenvalue weighted by molar-refractivity contribution is 0.102. The lowest BCUT2D eigenvalue weighted by Crippen LogP contribution is -2.22. The average Bonchev–Trinajstić information content (AvgIpc) is 3.15. The van der Waals surface area contributed by atoms with E-state index >= 15 is 0 Å². The zero-order chi connectivity index (χ0) is 19.4. The molecule has 140 valence electrons. The standard InChI is InChI=1S/C19H21N5O3/c1-19(2,3)24-12-16(22-23-24)18(25)21-13-5-10-17(20-11-13)27-15-8-6-14(26-4)7-9-15/h5-12H,1-4H3,(H,21,25). The first-order valence-electron chi connectivity index (χ1n) is 8.37. The number of methoxy groups -OCH3 is 1. The molecular weight excluding hydrogens is 346 g/mol. The molecule has 0 saturated carbocycles. The van der Waals surface area contributed by atoms with E-state index in [1.54, 1.807) is 54.4 Å². The molecule has 1 N–H and O–H groups in total. The number of hydrogen-bond donors (Lipinski definition) is 1. The highest BCUT2D eigenvalue weighted by atomic mass is 16.5. The van der Waals surface area contributed by atoms with Crippen LogP contribution in [0.5, 0.6) is 17.4 Å². The van der Waals surface area contributed by atoms with Gasteiger partial charge in [0.2, 0.25) is 5.88 Å². The van der Waals surface area contributed by atoms with Gasteiger partial charge in [-0.05, 0) is 51.1 Å². The highest BCUT2D eigenvalue weighted by molar-refractivity contribution is 6.02. The maximum atomic E-state index is 12.3. The summed E-state index contributed by atoms with van der Waals surface area (Å²) in [5.74, 6) is 1.45. The van der Waals surface area contributed by atoms with Crippen molar-refractivity contribution in [3.63, 3.8) is 0 Å². The Kier molecular flexibility index (Phi) is 5.07. The molecule has 2 aromatic heterocycles. The van der Waals surface area contributed by atoms with E-state index in [0.29, 0.717) is 17.3 Å². The number of nitrogens with one attached hydrogen (secondary N) is 1. The number of ether oxygens (including phenoxy) is 2. The molecule has 0 spiro atoms. The number of carbonyl (C=O) groups is 1. The zero-order valence-electron chi connectivity index (χ0n) is 15.6. The highest BCUT2D eigenvalue weighted by Gasteiger charge is 2.18. The van der Waals surface area contributed by atoms with Crippen molar-refractivity contribution in [3.8, 4) is 17.4 Å². The van der Waals surface area contributed by atoms with Crippen LogP contribution < -0.4 is 14.8 Å². The van der Waals surface area contributed by atoms with Crippen LogP contribution in [0.3, 0.4) is 0 Å². The predicted octanol–water partition coefficient (Wildman–Crippen LogP) is 3.48. The van der Waals surface area contributed by atoms with Crippen molar-refractivity contribution < 1.29 is 14.3 Å². The van der Waals surface area contributed by atoms with Gasteiger partial charge in [0.25, 0.3) is 5.91 Å². The van der Waals surface area contributed by atoms with E-state index in [0.717, 1.165) is 5.75 Å². The number of anilines is 1. The van der Waals surface area contributed by atoms with Gasteiger partial charge in [-0.1, -0.05) is 5.21 Å². The number of carbonyl (C=O) groups excluding carboxylic acids is 1. The van der Waals surface area contributed by atoms with E-state index in [9.17, 15) is 4.79 Å². The van der Waals surface area contributed by atoms with Crippen molar-refractivity contribution in [2.45, 2.75) is 26.3 Å². The second kappa shape index (κ2) is 7.45. The van der Waals surface area contributed by atoms with Crippen LogP contribution in [0.1, 0.15) is 31.3 Å². The fraction of sp³-hybridized carbons (Fsp3) is 0.263. The summed E-state index contributed by atoms with van der Waals surface area (Å²) < 4.78 is 12.4. The zero-order valence-corrected chi connectivity index (χ0v) is 15.6. The number of amides is 1. The van der Waals surface area contributed by atoms with Gasteiger partial charge in [-0.25, -0.2) is 9.67 Å². The molecule has 8 nitrogen and oxygen atoms in total. The Morgan fingerprint density at radius 3 is 2.33 bits per heavy atom. The lowest BCUT2D eigenvalue weighted by atomic mass is 10.1. The van der Waals surface area contributed by atoms with E-state index in [4.69, 9.17) is 9.47 Å². The van der Waals surface area contributed by atoms with E-state index in [1.165, 1.54) is 6.20 Å². The van der Waals surface area contributed by atoms with Gasteiger partial charge in [-0.3, -0.25) is 4.79 Å². The van der Waals surface area contributed by atoms with E-state index in [-0.39, 0.29) is 17.1 Å². The predicted molar refractivity (Wildman–Crippen MR) is 100 cm³/mol. The summed E-state index contributed by atoms with van der Waals surface area (Å²) in [6.45, 7) is 5.94. The number of rotatable bonds is 5. The van der Waals surface area contributed by atoms with Crippen LogP contribution in [-0.2, 0) is 5.54 Å². The molecule has 0 bridgehead atoms. The maximum absolute atomic E-state index is 12.3. The molecule has 0 aliphatic carbocycles. The smallest absolute Gasteiger partial charge is 0.277 e. The third kappa shape index (κ3) is 4.60. The largest absolute Gasteiger partial charge is 0.497 e. The Labute approximate surface area is 157 Å². The van der Waals surface area contributed by atoms with Gasteiger partial charge in [-0.15, -0.1) is 5.10 Å². The summed E-state index contributed by atoms with van der Waals surface area (Å²) in [7, 11) is 1.61. The summed E-state index contributed by atoms with van der Waals surface area (Å²) in [5.41, 5.74) is 0.531. The first-order chi connectivity index (χ1) is 12.8. The maximum Gasteiger partial charge on any atom is 0.277 e. The Bertz CT molecular complexity index is 912. The van der Waals surface area contributed by atoms with Crippen LogP contribution in [-0.4, -0.2) is 33.0 Å². The third-order valence-electron chi connectivity index (χ3n) is 3.69. The van der Waals surface area contributed by atoms with E-state index in [1.807, 2.05) is 20.8 Å². The van der Waals surface area contributed by atoms with Gasteiger partial charge in [-0.2, -0.15) is 0 Å². The van der Waals surface area contributed by atoms with Gasteiger partial charge in [0, 0.05) is 6.07 Å². The number of aromatic nitrogens is 4. The Morgan fingerprint density at radius 1 is 1.07 bits per heavy atom. The van der Waals surface area contributed by atoms with Crippen LogP contribution >= 0.6 is 0 Å². The first kappa shape index (κ1) is 18.4. The van der Waals surface area contributed by atoms with E-state index < -0.39 is 0 Å². The molecular formula is C19H21N5O3. The van der Waals surface area contributed by atoms with Gasteiger partial charge < -0.3 is 14.8 Å². The minimum Gasteiger partial charge on any atom is -0.497 e. The molecule has 2 heterocycles. The van der Waals surface area contributed by atoms with Gasteiger partial charge in [0.15, 0.2) is 5.69 Å². The molecule has 0 aliphatic rings. The van der Waals surface area contributed by atoms with Crippen molar-refractivity contribution >= 4 is 11.6 Å². The average molecular weight is 367 g/mol. The number of pyridine rings is 1. The Hall–Kier alpha value is -3.42. The summed E-state index contributed by atoms with van der Waals surface area (Å²) in [4.78, 5) is 16.5. The van der Waals surface area contributed by atoms with Crippen molar-refractivity contribution in [2.75, 3.05) is 12.4 Å². The second-order valence-corrected chi connectivity index (χ2v) is 6.84. The topological polar surface area (TPSA) is 91.2 Å². The summed E-state index contributed by atoms with van der Waals surface area (Å²) in [6, 6.07) is 10.6. The van der Waals surface area contributed by atoms with Gasteiger partial charge in [0.1, 0.15) is 11.5 Å². The SMILES string of the molecule is COc1ccc(Oc2ccc(NC(=O)c3cn(C(C)(C)C)nn3)cn2)cc1. The molecule has 3 aromatic rings. The van der Waals surface area contributed by atoms with Crippen molar-refractivity contribution in [1.29, 1.82) is 0 Å². The fourth-order valence-corrected chi connectivity index (χ4v) is 2.17. The normalized spacial score (nSPS) is 11.1. The van der Waals surface area contributed by atoms with Gasteiger partial charge in [0.05, 0.1) is 30.7 Å². The van der Waals surface area contributed by atoms with Crippen molar-refractivity contribution in [1.82, 2.24) is 20.0 Å². The van der Waals surface area contributed by atoms with Gasteiger partial charge >= 0.3 is 0 Å². The van der Waals surface area contributed by atoms with Crippen LogP contribution in [0.25, 0.3) is 0 Å². The summed E-state index contributed by atoms with van der Waals surface area (Å²) in [5, 5.41) is 10.6. The lowest BCUT2D eigenvalue weighted by Gasteiger charge is -2.17. The monoisotopic (exact) mass is 367 g/mol. The molecule has 27 heavy (non-hydrogen) atoms. The molecule has 0 saturated heterocycles. The minimum absolute atomic E-state index is 0.239. The number of nitrogens with zero attached hydrogens (tertiary/aromatic N) is 4. The third-order valence-corrected chi connectivity index (χ3v) is 3.69. The van der Waals surface area contributed by atoms with E-state index in [2.05, 4.69) is 20.6 Å². The molecule has 0 aliphatic heterocycles. The first-order valence-corrected chi connectivity index (χ1v) is 8.37. The quantitative estimate of drug-likeness (QED) is 0.742. The van der Waals surface area contributed by atoms with Crippen LogP contribution in [0.4, 0.5) is 5.69 Å². The fourth-order valence-electron chi connectivity index (χ4n) is 2.17. The van der Waals surface area contributed by atoms with Crippen molar-refractivity contribution in [3.05, 3.63) is 54.5 Å². The molecule has 1 aromatic carbocycles. The van der Waals surface area contributed by atoms with Crippen LogP contribution in [0.15, 0.2) is 48.8 Å².